The topological polar surface area (TPSA) is 59.3 Å². The van der Waals surface area contributed by atoms with Crippen molar-refractivity contribution in [1.82, 2.24) is 5.32 Å². The molecule has 1 N–H and O–H groups in total. The fourth-order valence-corrected chi connectivity index (χ4v) is 3.11. The van der Waals surface area contributed by atoms with E-state index in [9.17, 15) is 8.42 Å². The smallest absolute Gasteiger partial charge is 0.185 e. The van der Waals surface area contributed by atoms with E-state index in [4.69, 9.17) is 4.42 Å². The number of hydrogen-bond donors (Lipinski definition) is 1. The van der Waals surface area contributed by atoms with Crippen LogP contribution in [-0.2, 0) is 22.1 Å². The van der Waals surface area contributed by atoms with Gasteiger partial charge >= 0.3 is 0 Å². The van der Waals surface area contributed by atoms with Gasteiger partial charge in [-0.25, -0.2) is 8.42 Å². The zero-order valence-electron chi connectivity index (χ0n) is 12.6. The van der Waals surface area contributed by atoms with E-state index in [0.717, 1.165) is 5.76 Å². The van der Waals surface area contributed by atoms with Crippen molar-refractivity contribution in [3.05, 3.63) is 54.0 Å². The lowest BCUT2D eigenvalue weighted by Crippen LogP contribution is -2.34. The van der Waals surface area contributed by atoms with Crippen molar-refractivity contribution in [2.75, 3.05) is 0 Å². The van der Waals surface area contributed by atoms with Crippen LogP contribution in [-0.4, -0.2) is 14.0 Å². The van der Waals surface area contributed by atoms with Gasteiger partial charge in [0, 0.05) is 5.54 Å². The minimum absolute atomic E-state index is 0.0108. The second kappa shape index (κ2) is 6.03. The van der Waals surface area contributed by atoms with Crippen molar-refractivity contribution in [3.63, 3.8) is 0 Å². The first-order valence-corrected chi connectivity index (χ1v) is 8.52. The molecule has 2 aromatic rings. The zero-order chi connectivity index (χ0) is 15.5. The quantitative estimate of drug-likeness (QED) is 0.922. The lowest BCUT2D eigenvalue weighted by Gasteiger charge is -2.19. The zero-order valence-corrected chi connectivity index (χ0v) is 13.4. The Balaban J connectivity index is 2.06. The third kappa shape index (κ3) is 4.72. The van der Waals surface area contributed by atoms with Gasteiger partial charge in [-0.3, -0.25) is 0 Å². The Morgan fingerprint density at radius 2 is 1.62 bits per heavy atom. The molecule has 5 heteroatoms. The van der Waals surface area contributed by atoms with Crippen LogP contribution in [0.3, 0.4) is 0 Å². The summed E-state index contributed by atoms with van der Waals surface area (Å²) in [7, 11) is -3.36. The third-order valence-corrected chi connectivity index (χ3v) is 4.60. The second-order valence-corrected chi connectivity index (χ2v) is 8.03. The van der Waals surface area contributed by atoms with Gasteiger partial charge in [0.05, 0.1) is 11.4 Å². The van der Waals surface area contributed by atoms with E-state index in [1.165, 1.54) is 0 Å². The monoisotopic (exact) mass is 307 g/mol. The van der Waals surface area contributed by atoms with Crippen molar-refractivity contribution in [2.45, 2.75) is 43.5 Å². The Kier molecular flexibility index (Phi) is 4.54. The van der Waals surface area contributed by atoms with Crippen LogP contribution in [0.25, 0.3) is 0 Å². The van der Waals surface area contributed by atoms with Crippen LogP contribution in [0.1, 0.15) is 32.3 Å². The SMILES string of the molecule is CC(C)(C)NCc1ccc(CS(=O)(=O)c2ccccc2)o1. The molecule has 0 amide bonds. The van der Waals surface area contributed by atoms with Gasteiger partial charge in [0.2, 0.25) is 0 Å². The van der Waals surface area contributed by atoms with Crippen LogP contribution in [0.15, 0.2) is 51.8 Å². The fraction of sp³-hybridized carbons (Fsp3) is 0.375. The first-order valence-electron chi connectivity index (χ1n) is 6.87. The summed E-state index contributed by atoms with van der Waals surface area (Å²) in [4.78, 5) is 0.316. The minimum Gasteiger partial charge on any atom is -0.464 e. The van der Waals surface area contributed by atoms with Gasteiger partial charge in [-0.05, 0) is 45.0 Å². The summed E-state index contributed by atoms with van der Waals surface area (Å²) in [6.45, 7) is 6.78. The van der Waals surface area contributed by atoms with Crippen molar-refractivity contribution in [1.29, 1.82) is 0 Å². The largest absolute Gasteiger partial charge is 0.464 e. The molecule has 1 aromatic carbocycles. The van der Waals surface area contributed by atoms with Crippen LogP contribution in [0.2, 0.25) is 0 Å². The Labute approximate surface area is 126 Å². The maximum atomic E-state index is 12.3. The highest BCUT2D eigenvalue weighted by atomic mass is 32.2. The molecule has 1 aromatic heterocycles. The molecular weight excluding hydrogens is 286 g/mol. The van der Waals surface area contributed by atoms with Gasteiger partial charge in [-0.1, -0.05) is 18.2 Å². The molecule has 114 valence electrons. The molecule has 21 heavy (non-hydrogen) atoms. The lowest BCUT2D eigenvalue weighted by molar-refractivity contribution is 0.381. The van der Waals surface area contributed by atoms with Crippen molar-refractivity contribution in [3.8, 4) is 0 Å². The first-order chi connectivity index (χ1) is 9.76. The molecule has 1 heterocycles. The van der Waals surface area contributed by atoms with E-state index >= 15 is 0 Å². The number of hydrogen-bond acceptors (Lipinski definition) is 4. The molecule has 0 atom stereocenters. The van der Waals surface area contributed by atoms with Gasteiger partial charge in [-0.15, -0.1) is 0 Å². The van der Waals surface area contributed by atoms with Gasteiger partial charge in [0.25, 0.3) is 0 Å². The molecule has 0 unspecified atom stereocenters. The van der Waals surface area contributed by atoms with Crippen LogP contribution < -0.4 is 5.32 Å². The van der Waals surface area contributed by atoms with E-state index in [0.29, 0.717) is 17.2 Å². The van der Waals surface area contributed by atoms with E-state index < -0.39 is 9.84 Å². The predicted octanol–water partition coefficient (Wildman–Crippen LogP) is 3.14. The molecule has 2 rings (SSSR count). The number of nitrogens with one attached hydrogen (secondary N) is 1. The molecule has 0 spiro atoms. The average molecular weight is 307 g/mol. The summed E-state index contributed by atoms with van der Waals surface area (Å²) < 4.78 is 30.1. The summed E-state index contributed by atoms with van der Waals surface area (Å²) in [6.07, 6.45) is 0. The molecule has 4 nitrogen and oxygen atoms in total. The average Bonchev–Trinajstić information content (AvgIpc) is 2.84. The number of rotatable bonds is 5. The van der Waals surface area contributed by atoms with Crippen LogP contribution in [0, 0.1) is 0 Å². The predicted molar refractivity (Wildman–Crippen MR) is 82.6 cm³/mol. The third-order valence-electron chi connectivity index (χ3n) is 2.94. The Morgan fingerprint density at radius 1 is 1.00 bits per heavy atom. The van der Waals surface area contributed by atoms with Crippen molar-refractivity contribution >= 4 is 9.84 Å². The van der Waals surface area contributed by atoms with Crippen molar-refractivity contribution in [2.24, 2.45) is 0 Å². The van der Waals surface area contributed by atoms with Crippen LogP contribution in [0.5, 0.6) is 0 Å². The second-order valence-electron chi connectivity index (χ2n) is 6.04. The van der Waals surface area contributed by atoms with E-state index in [2.05, 4.69) is 26.1 Å². The highest BCUT2D eigenvalue weighted by Gasteiger charge is 2.17. The molecule has 0 radical (unpaired) electrons. The molecule has 0 fully saturated rings. The summed E-state index contributed by atoms with van der Waals surface area (Å²) in [5, 5.41) is 3.30. The van der Waals surface area contributed by atoms with E-state index in [1.807, 2.05) is 6.07 Å². The Morgan fingerprint density at radius 3 is 2.24 bits per heavy atom. The number of furan rings is 1. The Bertz CT molecular complexity index is 682. The molecule has 0 saturated heterocycles. The molecule has 0 aliphatic rings. The van der Waals surface area contributed by atoms with Crippen LogP contribution in [0.4, 0.5) is 0 Å². The van der Waals surface area contributed by atoms with Gasteiger partial charge in [-0.2, -0.15) is 0 Å². The van der Waals surface area contributed by atoms with Crippen molar-refractivity contribution < 1.29 is 12.8 Å². The maximum absolute atomic E-state index is 12.3. The van der Waals surface area contributed by atoms with Crippen LogP contribution >= 0.6 is 0 Å². The lowest BCUT2D eigenvalue weighted by atomic mass is 10.1. The first kappa shape index (κ1) is 15.8. The minimum atomic E-state index is -3.36. The fourth-order valence-electron chi connectivity index (χ4n) is 1.85. The summed E-state index contributed by atoms with van der Waals surface area (Å²) in [6, 6.07) is 12.0. The van der Waals surface area contributed by atoms with Gasteiger partial charge in [0.1, 0.15) is 17.3 Å². The normalized spacial score (nSPS) is 12.5. The summed E-state index contributed by atoms with van der Waals surface area (Å²) in [5.74, 6) is 1.08. The molecule has 0 aliphatic heterocycles. The summed E-state index contributed by atoms with van der Waals surface area (Å²) in [5.41, 5.74) is -0.0108. The molecular formula is C16H21NO3S. The molecule has 0 saturated carbocycles. The summed E-state index contributed by atoms with van der Waals surface area (Å²) >= 11 is 0. The van der Waals surface area contributed by atoms with E-state index in [-0.39, 0.29) is 11.3 Å². The molecule has 0 bridgehead atoms. The number of sulfone groups is 1. The maximum Gasteiger partial charge on any atom is 0.185 e. The van der Waals surface area contributed by atoms with Gasteiger partial charge < -0.3 is 9.73 Å². The van der Waals surface area contributed by atoms with E-state index in [1.54, 1.807) is 36.4 Å². The highest BCUT2D eigenvalue weighted by Crippen LogP contribution is 2.18. The molecule has 0 aliphatic carbocycles. The van der Waals surface area contributed by atoms with Gasteiger partial charge in [0.15, 0.2) is 9.84 Å². The number of benzene rings is 1. The Hall–Kier alpha value is -1.59. The highest BCUT2D eigenvalue weighted by molar-refractivity contribution is 7.90. The standard InChI is InChI=1S/C16H21NO3S/c1-16(2,3)17-11-13-9-10-14(20-13)12-21(18,19)15-7-5-4-6-8-15/h4-10,17H,11-12H2,1-3H3.